The van der Waals surface area contributed by atoms with Crippen molar-refractivity contribution in [1.29, 1.82) is 5.26 Å². The second-order valence-electron chi connectivity index (χ2n) is 8.15. The van der Waals surface area contributed by atoms with Crippen molar-refractivity contribution in [2.24, 2.45) is 11.3 Å². The SMILES string of the molecule is CCCCCCC1(C#N)CCC(C(=O)Oc2ccc(CCCC)cc2)CC1. The van der Waals surface area contributed by atoms with E-state index in [0.717, 1.165) is 44.9 Å². The molecule has 0 aromatic heterocycles. The molecule has 148 valence electrons. The second kappa shape index (κ2) is 11.1. The number of aryl methyl sites for hydroxylation is 1. The summed E-state index contributed by atoms with van der Waals surface area (Å²) in [6, 6.07) is 10.5. The lowest BCUT2D eigenvalue weighted by molar-refractivity contribution is -0.140. The molecule has 3 heteroatoms. The molecule has 1 aliphatic rings. The predicted molar refractivity (Wildman–Crippen MR) is 109 cm³/mol. The lowest BCUT2D eigenvalue weighted by atomic mass is 9.69. The first-order valence-electron chi connectivity index (χ1n) is 10.8. The molecule has 2 rings (SSSR count). The fraction of sp³-hybridized carbons (Fsp3) is 0.667. The Morgan fingerprint density at radius 1 is 1.07 bits per heavy atom. The number of benzene rings is 1. The molecule has 0 saturated heterocycles. The quantitative estimate of drug-likeness (QED) is 0.265. The maximum atomic E-state index is 12.5. The second-order valence-corrected chi connectivity index (χ2v) is 8.15. The van der Waals surface area contributed by atoms with Crippen molar-refractivity contribution in [3.63, 3.8) is 0 Å². The average molecular weight is 370 g/mol. The fourth-order valence-electron chi connectivity index (χ4n) is 4.02. The Bertz CT molecular complexity index is 606. The smallest absolute Gasteiger partial charge is 0.314 e. The third-order valence-electron chi connectivity index (χ3n) is 5.98. The normalized spacial score (nSPS) is 22.2. The number of carbonyl (C=O) groups excluding carboxylic acids is 1. The van der Waals surface area contributed by atoms with Gasteiger partial charge in [0.2, 0.25) is 0 Å². The van der Waals surface area contributed by atoms with Crippen molar-refractivity contribution < 1.29 is 9.53 Å². The largest absolute Gasteiger partial charge is 0.426 e. The Labute approximate surface area is 165 Å². The first-order valence-corrected chi connectivity index (χ1v) is 10.8. The molecule has 0 amide bonds. The first-order chi connectivity index (χ1) is 13.1. The first kappa shape index (κ1) is 21.5. The summed E-state index contributed by atoms with van der Waals surface area (Å²) in [6.07, 6.45) is 12.4. The van der Waals surface area contributed by atoms with E-state index in [9.17, 15) is 10.1 Å². The van der Waals surface area contributed by atoms with Crippen LogP contribution in [-0.4, -0.2) is 5.97 Å². The molecule has 1 aromatic carbocycles. The zero-order valence-electron chi connectivity index (χ0n) is 17.1. The van der Waals surface area contributed by atoms with E-state index in [0.29, 0.717) is 5.75 Å². The van der Waals surface area contributed by atoms with Gasteiger partial charge < -0.3 is 4.74 Å². The number of hydrogen-bond donors (Lipinski definition) is 0. The molecule has 0 N–H and O–H groups in total. The van der Waals surface area contributed by atoms with Crippen LogP contribution in [0.4, 0.5) is 0 Å². The Balaban J connectivity index is 1.80. The van der Waals surface area contributed by atoms with Gasteiger partial charge in [0, 0.05) is 0 Å². The van der Waals surface area contributed by atoms with Crippen LogP contribution in [0.25, 0.3) is 0 Å². The maximum Gasteiger partial charge on any atom is 0.314 e. The van der Waals surface area contributed by atoms with Crippen LogP contribution in [0.3, 0.4) is 0 Å². The molecule has 0 radical (unpaired) electrons. The number of unbranched alkanes of at least 4 members (excludes halogenated alkanes) is 4. The summed E-state index contributed by atoms with van der Waals surface area (Å²) in [6.45, 7) is 4.39. The number of nitriles is 1. The van der Waals surface area contributed by atoms with E-state index in [2.05, 4.69) is 32.0 Å². The van der Waals surface area contributed by atoms with Gasteiger partial charge in [0.25, 0.3) is 0 Å². The summed E-state index contributed by atoms with van der Waals surface area (Å²) in [5, 5.41) is 9.68. The van der Waals surface area contributed by atoms with E-state index in [1.807, 2.05) is 12.1 Å². The highest BCUT2D eigenvalue weighted by Crippen LogP contribution is 2.42. The number of carbonyl (C=O) groups is 1. The zero-order chi connectivity index (χ0) is 19.5. The molecular formula is C24H35NO2. The Kier molecular flexibility index (Phi) is 8.85. The van der Waals surface area contributed by atoms with Crippen molar-refractivity contribution in [3.05, 3.63) is 29.8 Å². The molecule has 1 fully saturated rings. The summed E-state index contributed by atoms with van der Waals surface area (Å²) >= 11 is 0. The minimum atomic E-state index is -0.217. The van der Waals surface area contributed by atoms with Gasteiger partial charge in [-0.15, -0.1) is 0 Å². The van der Waals surface area contributed by atoms with E-state index in [-0.39, 0.29) is 17.3 Å². The van der Waals surface area contributed by atoms with Crippen molar-refractivity contribution in [1.82, 2.24) is 0 Å². The molecule has 0 spiro atoms. The number of esters is 1. The van der Waals surface area contributed by atoms with Gasteiger partial charge in [0.15, 0.2) is 0 Å². The highest BCUT2D eigenvalue weighted by molar-refractivity contribution is 5.75. The van der Waals surface area contributed by atoms with Crippen LogP contribution in [-0.2, 0) is 11.2 Å². The molecule has 3 nitrogen and oxygen atoms in total. The van der Waals surface area contributed by atoms with Crippen LogP contribution in [0.1, 0.15) is 90.0 Å². The minimum Gasteiger partial charge on any atom is -0.426 e. The van der Waals surface area contributed by atoms with E-state index >= 15 is 0 Å². The summed E-state index contributed by atoms with van der Waals surface area (Å²) in [5.74, 6) is 0.438. The number of ether oxygens (including phenoxy) is 1. The van der Waals surface area contributed by atoms with Crippen LogP contribution in [0.15, 0.2) is 24.3 Å². The number of rotatable bonds is 10. The molecule has 0 heterocycles. The summed E-state index contributed by atoms with van der Waals surface area (Å²) in [4.78, 5) is 12.5. The summed E-state index contributed by atoms with van der Waals surface area (Å²) in [5.41, 5.74) is 1.07. The molecule has 0 aliphatic heterocycles. The van der Waals surface area contributed by atoms with Crippen LogP contribution in [0, 0.1) is 22.7 Å². The average Bonchev–Trinajstić information content (AvgIpc) is 2.71. The monoisotopic (exact) mass is 369 g/mol. The predicted octanol–water partition coefficient (Wildman–Crippen LogP) is 6.61. The van der Waals surface area contributed by atoms with Crippen molar-refractivity contribution in [3.8, 4) is 11.8 Å². The lowest BCUT2D eigenvalue weighted by Crippen LogP contribution is -2.31. The fourth-order valence-corrected chi connectivity index (χ4v) is 4.02. The van der Waals surface area contributed by atoms with E-state index in [1.54, 1.807) is 0 Å². The Morgan fingerprint density at radius 3 is 2.33 bits per heavy atom. The Morgan fingerprint density at radius 2 is 1.74 bits per heavy atom. The highest BCUT2D eigenvalue weighted by Gasteiger charge is 2.37. The van der Waals surface area contributed by atoms with Gasteiger partial charge in [-0.3, -0.25) is 4.79 Å². The van der Waals surface area contributed by atoms with Gasteiger partial charge in [-0.2, -0.15) is 5.26 Å². The van der Waals surface area contributed by atoms with Gasteiger partial charge >= 0.3 is 5.97 Å². The van der Waals surface area contributed by atoms with Gasteiger partial charge in [-0.1, -0.05) is 58.1 Å². The van der Waals surface area contributed by atoms with Crippen LogP contribution < -0.4 is 4.74 Å². The van der Waals surface area contributed by atoms with Crippen molar-refractivity contribution >= 4 is 5.97 Å². The molecule has 1 aromatic rings. The molecule has 1 saturated carbocycles. The number of hydrogen-bond acceptors (Lipinski definition) is 3. The van der Waals surface area contributed by atoms with Crippen molar-refractivity contribution in [2.75, 3.05) is 0 Å². The van der Waals surface area contributed by atoms with Gasteiger partial charge in [0.1, 0.15) is 5.75 Å². The molecular weight excluding hydrogens is 334 g/mol. The number of nitrogens with zero attached hydrogens (tertiary/aromatic N) is 1. The van der Waals surface area contributed by atoms with Crippen molar-refractivity contribution in [2.45, 2.75) is 90.9 Å². The zero-order valence-corrected chi connectivity index (χ0v) is 17.1. The Hall–Kier alpha value is -1.82. The standard InChI is InChI=1S/C24H35NO2/c1-3-5-7-8-16-24(19-25)17-14-21(15-18-24)23(26)27-22-12-10-20(11-13-22)9-6-4-2/h10-13,21H,3-9,14-18H2,1-2H3. The molecule has 0 atom stereocenters. The molecule has 27 heavy (non-hydrogen) atoms. The van der Waals surface area contributed by atoms with Crippen LogP contribution in [0.2, 0.25) is 0 Å². The minimum absolute atomic E-state index is 0.0677. The molecule has 0 unspecified atom stereocenters. The third kappa shape index (κ3) is 6.69. The van der Waals surface area contributed by atoms with Gasteiger partial charge in [-0.05, 0) is 62.6 Å². The maximum absolute atomic E-state index is 12.5. The topological polar surface area (TPSA) is 50.1 Å². The van der Waals surface area contributed by atoms with E-state index in [1.165, 1.54) is 37.7 Å². The molecule has 0 bridgehead atoms. The lowest BCUT2D eigenvalue weighted by Gasteiger charge is -2.34. The molecule has 1 aliphatic carbocycles. The van der Waals surface area contributed by atoms with Crippen LogP contribution in [0.5, 0.6) is 5.75 Å². The highest BCUT2D eigenvalue weighted by atomic mass is 16.5. The summed E-state index contributed by atoms with van der Waals surface area (Å²) < 4.78 is 5.61. The van der Waals surface area contributed by atoms with Gasteiger partial charge in [0.05, 0.1) is 17.4 Å². The van der Waals surface area contributed by atoms with Gasteiger partial charge in [-0.25, -0.2) is 0 Å². The van der Waals surface area contributed by atoms with E-state index in [4.69, 9.17) is 4.74 Å². The summed E-state index contributed by atoms with van der Waals surface area (Å²) in [7, 11) is 0. The van der Waals surface area contributed by atoms with E-state index < -0.39 is 0 Å². The van der Waals surface area contributed by atoms with Crippen LogP contribution >= 0.6 is 0 Å². The third-order valence-corrected chi connectivity index (χ3v) is 5.98.